The summed E-state index contributed by atoms with van der Waals surface area (Å²) in [6.45, 7) is 0. The highest BCUT2D eigenvalue weighted by molar-refractivity contribution is 7.25. The molecule has 3 heterocycles. The van der Waals surface area contributed by atoms with Gasteiger partial charge in [0.2, 0.25) is 0 Å². The molecule has 3 aromatic heterocycles. The van der Waals surface area contributed by atoms with E-state index in [4.69, 9.17) is 0 Å². The predicted octanol–water partition coefficient (Wildman–Crippen LogP) is 15.6. The number of benzene rings is 10. The standard InChI is InChI=1S/C56H35N3S/c1-2-13-40(14-3-1)59-51-19-6-4-18-48(51)56-52(20-10-21-53(56)59)58-42-16-9-12-39(32-42)38-11-8-15-41(31-38)57(45-29-30-47-46-17-5-7-22-54(46)60-55(47)35-45)43-27-25-36-23-24-37-26-28-44(58)34-50(37)49(36)33-43/h1-35H. The van der Waals surface area contributed by atoms with Crippen molar-refractivity contribution in [3.05, 3.63) is 212 Å². The number of nitrogens with zero attached hydrogens (tertiary/aromatic N) is 3. The van der Waals surface area contributed by atoms with Crippen LogP contribution in [0.25, 0.3) is 113 Å². The topological polar surface area (TPSA) is 14.8 Å². The summed E-state index contributed by atoms with van der Waals surface area (Å²) in [5, 5.41) is 12.2. The molecule has 0 unspecified atom stereocenters. The van der Waals surface area contributed by atoms with Gasteiger partial charge in [0.1, 0.15) is 0 Å². The highest BCUT2D eigenvalue weighted by Gasteiger charge is 2.17. The van der Waals surface area contributed by atoms with Crippen molar-refractivity contribution in [3.63, 3.8) is 0 Å². The molecule has 13 aromatic rings. The number of hydrogen-bond donors (Lipinski definition) is 0. The molecule has 60 heavy (non-hydrogen) atoms. The molecular weight excluding hydrogens is 747 g/mol. The Morgan fingerprint density at radius 3 is 1.63 bits per heavy atom. The van der Waals surface area contributed by atoms with Gasteiger partial charge in [0.05, 0.1) is 16.7 Å². The van der Waals surface area contributed by atoms with Gasteiger partial charge in [-0.25, -0.2) is 0 Å². The minimum absolute atomic E-state index is 1.10. The van der Waals surface area contributed by atoms with Crippen molar-refractivity contribution < 1.29 is 0 Å². The van der Waals surface area contributed by atoms with Gasteiger partial charge in [-0.1, -0.05) is 115 Å². The molecule has 0 amide bonds. The molecule has 4 heteroatoms. The maximum absolute atomic E-state index is 2.47. The van der Waals surface area contributed by atoms with Gasteiger partial charge in [-0.15, -0.1) is 11.3 Å². The zero-order valence-electron chi connectivity index (χ0n) is 32.5. The molecule has 280 valence electrons. The summed E-state index contributed by atoms with van der Waals surface area (Å²) in [7, 11) is 0. The van der Waals surface area contributed by atoms with Crippen molar-refractivity contribution in [2.24, 2.45) is 0 Å². The normalized spacial score (nSPS) is 12.0. The van der Waals surface area contributed by atoms with Gasteiger partial charge in [-0.2, -0.15) is 0 Å². The zero-order valence-corrected chi connectivity index (χ0v) is 33.3. The first kappa shape index (κ1) is 33.3. The van der Waals surface area contributed by atoms with E-state index in [9.17, 15) is 0 Å². The lowest BCUT2D eigenvalue weighted by molar-refractivity contribution is 1.16. The van der Waals surface area contributed by atoms with E-state index >= 15 is 0 Å². The molecular formula is C56H35N3S. The minimum atomic E-state index is 1.10. The molecule has 0 fully saturated rings. The van der Waals surface area contributed by atoms with Crippen molar-refractivity contribution in [2.45, 2.75) is 0 Å². The maximum atomic E-state index is 2.47. The Bertz CT molecular complexity index is 3950. The molecule has 10 aromatic carbocycles. The maximum Gasteiger partial charge on any atom is 0.0562 e. The summed E-state index contributed by atoms with van der Waals surface area (Å²) < 4.78 is 9.90. The van der Waals surface area contributed by atoms with Crippen molar-refractivity contribution in [1.29, 1.82) is 0 Å². The number of aromatic nitrogens is 3. The third-order valence-corrected chi connectivity index (χ3v) is 13.5. The summed E-state index contributed by atoms with van der Waals surface area (Å²) in [6.07, 6.45) is 0. The van der Waals surface area contributed by atoms with Crippen LogP contribution in [-0.4, -0.2) is 13.7 Å². The Morgan fingerprint density at radius 1 is 0.283 bits per heavy atom. The zero-order chi connectivity index (χ0) is 39.3. The van der Waals surface area contributed by atoms with E-state index < -0.39 is 0 Å². The lowest BCUT2D eigenvalue weighted by atomic mass is 10.0. The molecule has 0 spiro atoms. The van der Waals surface area contributed by atoms with Crippen molar-refractivity contribution >= 4 is 108 Å². The van der Waals surface area contributed by atoms with Crippen LogP contribution in [0.5, 0.6) is 0 Å². The smallest absolute Gasteiger partial charge is 0.0562 e. The number of rotatable bonds is 3. The first-order chi connectivity index (χ1) is 29.7. The van der Waals surface area contributed by atoms with Crippen LogP contribution in [-0.2, 0) is 0 Å². The van der Waals surface area contributed by atoms with Gasteiger partial charge in [0.15, 0.2) is 0 Å². The average Bonchev–Trinajstić information content (AvgIpc) is 3.85. The fourth-order valence-corrected chi connectivity index (χ4v) is 10.9. The minimum Gasteiger partial charge on any atom is -0.310 e. The summed E-state index contributed by atoms with van der Waals surface area (Å²) in [4.78, 5) is 0. The molecule has 0 aliphatic heterocycles. The van der Waals surface area contributed by atoms with Crippen LogP contribution >= 0.6 is 11.3 Å². The van der Waals surface area contributed by atoms with E-state index in [1.54, 1.807) is 0 Å². The number of thiophene rings is 1. The van der Waals surface area contributed by atoms with E-state index in [1.165, 1.54) is 63.5 Å². The lowest BCUT2D eigenvalue weighted by Crippen LogP contribution is -1.99. The van der Waals surface area contributed by atoms with E-state index in [0.717, 1.165) is 49.9 Å². The van der Waals surface area contributed by atoms with Gasteiger partial charge < -0.3 is 13.7 Å². The number of hydrogen-bond acceptors (Lipinski definition) is 1. The van der Waals surface area contributed by atoms with Crippen LogP contribution < -0.4 is 0 Å². The third kappa shape index (κ3) is 5.01. The fourth-order valence-electron chi connectivity index (χ4n) is 9.72. The summed E-state index contributed by atoms with van der Waals surface area (Å²) >= 11 is 1.86. The second-order valence-electron chi connectivity index (χ2n) is 15.8. The van der Waals surface area contributed by atoms with Crippen molar-refractivity contribution in [1.82, 2.24) is 13.7 Å². The lowest BCUT2D eigenvalue weighted by Gasteiger charge is -2.16. The second kappa shape index (κ2) is 12.9. The van der Waals surface area contributed by atoms with Gasteiger partial charge in [0, 0.05) is 64.4 Å². The van der Waals surface area contributed by atoms with Crippen molar-refractivity contribution in [3.8, 4) is 17.1 Å². The van der Waals surface area contributed by atoms with E-state index in [0.29, 0.717) is 0 Å². The Labute approximate surface area is 349 Å². The first-order valence-electron chi connectivity index (χ1n) is 20.5. The Kier molecular flexibility index (Phi) is 7.18. The predicted molar refractivity (Wildman–Crippen MR) is 257 cm³/mol. The molecule has 0 saturated heterocycles. The van der Waals surface area contributed by atoms with Crippen LogP contribution in [0.3, 0.4) is 0 Å². The molecule has 0 aliphatic carbocycles. The SMILES string of the molecule is c1ccc(-n2c3ccccc3c3c(-n4c5cccc(c5)c5cccc(c5)n(-c5ccc6c(c5)sc5ccccc56)c5ccc6ccc7ccc4cc7c6c5)cccc32)cc1. The van der Waals surface area contributed by atoms with Crippen LogP contribution in [0.15, 0.2) is 212 Å². The molecule has 13 rings (SSSR count). The first-order valence-corrected chi connectivity index (χ1v) is 21.3. The summed E-state index contributed by atoms with van der Waals surface area (Å²) in [5.41, 5.74) is 10.2. The van der Waals surface area contributed by atoms with E-state index in [-0.39, 0.29) is 0 Å². The fraction of sp³-hybridized carbons (Fsp3) is 0. The summed E-state index contributed by atoms with van der Waals surface area (Å²) in [6, 6.07) is 78.6. The van der Waals surface area contributed by atoms with Crippen LogP contribution in [0, 0.1) is 0 Å². The molecule has 0 radical (unpaired) electrons. The molecule has 0 saturated carbocycles. The average molecular weight is 782 g/mol. The second-order valence-corrected chi connectivity index (χ2v) is 16.9. The third-order valence-electron chi connectivity index (χ3n) is 12.4. The van der Waals surface area contributed by atoms with Gasteiger partial charge in [-0.3, -0.25) is 0 Å². The monoisotopic (exact) mass is 781 g/mol. The molecule has 8 bridgehead atoms. The van der Waals surface area contributed by atoms with Crippen molar-refractivity contribution in [2.75, 3.05) is 0 Å². The largest absolute Gasteiger partial charge is 0.310 e. The molecule has 3 nitrogen and oxygen atoms in total. The Morgan fingerprint density at radius 2 is 0.867 bits per heavy atom. The number of para-hydroxylation sites is 2. The van der Waals surface area contributed by atoms with Gasteiger partial charge in [-0.05, 0) is 129 Å². The number of fused-ring (bicyclic) bond motifs is 13. The molecule has 0 atom stereocenters. The highest BCUT2D eigenvalue weighted by atomic mass is 32.1. The van der Waals surface area contributed by atoms with Crippen LogP contribution in [0.2, 0.25) is 0 Å². The quantitative estimate of drug-likeness (QED) is 0.159. The molecule has 0 aliphatic rings. The van der Waals surface area contributed by atoms with Crippen LogP contribution in [0.1, 0.15) is 0 Å². The summed E-state index contributed by atoms with van der Waals surface area (Å²) in [5.74, 6) is 0. The van der Waals surface area contributed by atoms with Gasteiger partial charge >= 0.3 is 0 Å². The Hall–Kier alpha value is -7.66. The Balaban J connectivity index is 1.18. The van der Waals surface area contributed by atoms with Gasteiger partial charge in [0.25, 0.3) is 0 Å². The highest BCUT2D eigenvalue weighted by Crippen LogP contribution is 2.39. The molecule has 0 N–H and O–H groups in total. The van der Waals surface area contributed by atoms with E-state index in [2.05, 4.69) is 226 Å². The van der Waals surface area contributed by atoms with E-state index in [1.807, 2.05) is 11.3 Å². The van der Waals surface area contributed by atoms with Crippen LogP contribution in [0.4, 0.5) is 0 Å².